The minimum Gasteiger partial charge on any atom is -0.312 e. The Kier molecular flexibility index (Phi) is 6.63. The number of rotatable bonds is 8. The molecule has 1 atom stereocenters. The van der Waals surface area contributed by atoms with Crippen LogP contribution >= 0.6 is 0 Å². The molecule has 0 heterocycles. The van der Waals surface area contributed by atoms with E-state index in [0.717, 1.165) is 31.6 Å². The number of likely N-dealkylation sites (N-methyl/N-ethyl adjacent to an activating group) is 2. The van der Waals surface area contributed by atoms with Crippen LogP contribution in [-0.2, 0) is 6.42 Å². The van der Waals surface area contributed by atoms with Gasteiger partial charge in [-0.1, -0.05) is 32.9 Å². The van der Waals surface area contributed by atoms with E-state index in [4.69, 9.17) is 0 Å². The van der Waals surface area contributed by atoms with Gasteiger partial charge in [0.1, 0.15) is 5.82 Å². The first-order valence-corrected chi connectivity index (χ1v) is 7.68. The maximum Gasteiger partial charge on any atom is 0.123 e. The van der Waals surface area contributed by atoms with Crippen molar-refractivity contribution in [2.45, 2.75) is 52.6 Å². The summed E-state index contributed by atoms with van der Waals surface area (Å²) < 4.78 is 13.4. The SMILES string of the molecule is CCNC(Cc1cccc(F)c1)C(C)(C)N(CC)CC. The van der Waals surface area contributed by atoms with Gasteiger partial charge in [0.2, 0.25) is 0 Å². The summed E-state index contributed by atoms with van der Waals surface area (Å²) in [5, 5.41) is 3.58. The molecular weight excluding hydrogens is 251 g/mol. The summed E-state index contributed by atoms with van der Waals surface area (Å²) in [6.45, 7) is 14.0. The molecule has 1 unspecified atom stereocenters. The molecule has 0 saturated carbocycles. The van der Waals surface area contributed by atoms with Crippen molar-refractivity contribution in [3.63, 3.8) is 0 Å². The second-order valence-electron chi connectivity index (χ2n) is 5.77. The van der Waals surface area contributed by atoms with Crippen molar-refractivity contribution in [3.8, 4) is 0 Å². The highest BCUT2D eigenvalue weighted by Crippen LogP contribution is 2.22. The van der Waals surface area contributed by atoms with Gasteiger partial charge in [-0.2, -0.15) is 0 Å². The van der Waals surface area contributed by atoms with Gasteiger partial charge in [0, 0.05) is 11.6 Å². The molecule has 3 heteroatoms. The van der Waals surface area contributed by atoms with E-state index in [1.165, 1.54) is 6.07 Å². The molecule has 0 aliphatic heterocycles. The quantitative estimate of drug-likeness (QED) is 0.784. The molecule has 20 heavy (non-hydrogen) atoms. The van der Waals surface area contributed by atoms with Crippen LogP contribution in [0.15, 0.2) is 24.3 Å². The number of benzene rings is 1. The first kappa shape index (κ1) is 17.1. The molecular formula is C17H29FN2. The van der Waals surface area contributed by atoms with E-state index in [2.05, 4.69) is 44.8 Å². The Morgan fingerprint density at radius 3 is 2.35 bits per heavy atom. The first-order valence-electron chi connectivity index (χ1n) is 7.68. The Labute approximate surface area is 123 Å². The third kappa shape index (κ3) is 4.29. The van der Waals surface area contributed by atoms with Crippen molar-refractivity contribution in [1.82, 2.24) is 10.2 Å². The molecule has 0 spiro atoms. The Morgan fingerprint density at radius 1 is 1.20 bits per heavy atom. The van der Waals surface area contributed by atoms with Crippen LogP contribution in [0.2, 0.25) is 0 Å². The Balaban J connectivity index is 2.92. The molecule has 2 nitrogen and oxygen atoms in total. The van der Waals surface area contributed by atoms with E-state index < -0.39 is 0 Å². The van der Waals surface area contributed by atoms with Crippen molar-refractivity contribution < 1.29 is 4.39 Å². The van der Waals surface area contributed by atoms with Gasteiger partial charge in [0.15, 0.2) is 0 Å². The van der Waals surface area contributed by atoms with E-state index in [-0.39, 0.29) is 11.4 Å². The molecule has 0 radical (unpaired) electrons. The van der Waals surface area contributed by atoms with Crippen molar-refractivity contribution in [1.29, 1.82) is 0 Å². The monoisotopic (exact) mass is 280 g/mol. The summed E-state index contributed by atoms with van der Waals surface area (Å²) >= 11 is 0. The van der Waals surface area contributed by atoms with Gasteiger partial charge in [0.05, 0.1) is 0 Å². The average Bonchev–Trinajstić information content (AvgIpc) is 2.39. The molecule has 1 rings (SSSR count). The van der Waals surface area contributed by atoms with E-state index in [9.17, 15) is 4.39 Å². The van der Waals surface area contributed by atoms with Gasteiger partial charge in [-0.05, 0) is 57.6 Å². The molecule has 0 aliphatic carbocycles. The summed E-state index contributed by atoms with van der Waals surface area (Å²) in [6.07, 6.45) is 0.842. The zero-order valence-corrected chi connectivity index (χ0v) is 13.5. The highest BCUT2D eigenvalue weighted by Gasteiger charge is 2.33. The zero-order chi connectivity index (χ0) is 15.2. The van der Waals surface area contributed by atoms with Gasteiger partial charge in [-0.15, -0.1) is 0 Å². The molecule has 0 aromatic heterocycles. The van der Waals surface area contributed by atoms with Crippen LogP contribution in [0, 0.1) is 5.82 Å². The highest BCUT2D eigenvalue weighted by molar-refractivity contribution is 5.18. The maximum absolute atomic E-state index is 13.4. The average molecular weight is 280 g/mol. The second kappa shape index (κ2) is 7.75. The van der Waals surface area contributed by atoms with Crippen molar-refractivity contribution in [2.24, 2.45) is 0 Å². The van der Waals surface area contributed by atoms with E-state index >= 15 is 0 Å². The molecule has 0 saturated heterocycles. The number of nitrogens with one attached hydrogen (secondary N) is 1. The van der Waals surface area contributed by atoms with Crippen LogP contribution in [0.4, 0.5) is 4.39 Å². The molecule has 1 aromatic rings. The van der Waals surface area contributed by atoms with Crippen molar-refractivity contribution in [2.75, 3.05) is 19.6 Å². The van der Waals surface area contributed by atoms with Crippen molar-refractivity contribution in [3.05, 3.63) is 35.6 Å². The van der Waals surface area contributed by atoms with Crippen LogP contribution in [-0.4, -0.2) is 36.1 Å². The van der Waals surface area contributed by atoms with E-state index in [0.29, 0.717) is 6.04 Å². The minimum absolute atomic E-state index is 0.0336. The minimum atomic E-state index is -0.154. The van der Waals surface area contributed by atoms with Gasteiger partial charge in [-0.3, -0.25) is 4.90 Å². The fourth-order valence-corrected chi connectivity index (χ4v) is 2.98. The number of hydrogen-bond acceptors (Lipinski definition) is 2. The predicted octanol–water partition coefficient (Wildman–Crippen LogP) is 3.47. The van der Waals surface area contributed by atoms with E-state index in [1.807, 2.05) is 6.07 Å². The maximum atomic E-state index is 13.4. The first-order chi connectivity index (χ1) is 9.45. The fraction of sp³-hybridized carbons (Fsp3) is 0.647. The lowest BCUT2D eigenvalue weighted by Crippen LogP contribution is -2.58. The molecule has 1 aromatic carbocycles. The van der Waals surface area contributed by atoms with Crippen LogP contribution in [0.3, 0.4) is 0 Å². The third-order valence-corrected chi connectivity index (χ3v) is 4.21. The summed E-state index contributed by atoms with van der Waals surface area (Å²) in [5.74, 6) is -0.154. The lowest BCUT2D eigenvalue weighted by Gasteiger charge is -2.44. The third-order valence-electron chi connectivity index (χ3n) is 4.21. The molecule has 0 bridgehead atoms. The molecule has 0 amide bonds. The Hall–Kier alpha value is -0.930. The highest BCUT2D eigenvalue weighted by atomic mass is 19.1. The second-order valence-corrected chi connectivity index (χ2v) is 5.77. The summed E-state index contributed by atoms with van der Waals surface area (Å²) in [5.41, 5.74) is 1.09. The lowest BCUT2D eigenvalue weighted by atomic mass is 9.87. The number of hydrogen-bond donors (Lipinski definition) is 1. The lowest BCUT2D eigenvalue weighted by molar-refractivity contribution is 0.0918. The van der Waals surface area contributed by atoms with Gasteiger partial charge in [-0.25, -0.2) is 4.39 Å². The molecule has 114 valence electrons. The van der Waals surface area contributed by atoms with Gasteiger partial charge < -0.3 is 5.32 Å². The largest absolute Gasteiger partial charge is 0.312 e. The topological polar surface area (TPSA) is 15.3 Å². The van der Waals surface area contributed by atoms with E-state index in [1.54, 1.807) is 12.1 Å². The Bertz CT molecular complexity index is 400. The van der Waals surface area contributed by atoms with Crippen LogP contribution in [0.25, 0.3) is 0 Å². The summed E-state index contributed by atoms with van der Waals surface area (Å²) in [7, 11) is 0. The number of nitrogens with zero attached hydrogens (tertiary/aromatic N) is 1. The predicted molar refractivity (Wildman–Crippen MR) is 84.6 cm³/mol. The van der Waals surface area contributed by atoms with Crippen LogP contribution < -0.4 is 5.32 Å². The molecule has 0 aliphatic rings. The smallest absolute Gasteiger partial charge is 0.123 e. The van der Waals surface area contributed by atoms with Crippen LogP contribution in [0.5, 0.6) is 0 Å². The van der Waals surface area contributed by atoms with Crippen molar-refractivity contribution >= 4 is 0 Å². The number of halogens is 1. The molecule has 1 N–H and O–H groups in total. The summed E-state index contributed by atoms with van der Waals surface area (Å²) in [4.78, 5) is 2.46. The van der Waals surface area contributed by atoms with Crippen LogP contribution in [0.1, 0.15) is 40.2 Å². The standard InChI is InChI=1S/C17H29FN2/c1-6-19-16(17(4,5)20(7-2)8-3)13-14-10-9-11-15(18)12-14/h9-12,16,19H,6-8,13H2,1-5H3. The van der Waals surface area contributed by atoms with Gasteiger partial charge >= 0.3 is 0 Å². The normalized spacial score (nSPS) is 13.8. The Morgan fingerprint density at radius 2 is 1.85 bits per heavy atom. The zero-order valence-electron chi connectivity index (χ0n) is 13.5. The molecule has 0 fully saturated rings. The van der Waals surface area contributed by atoms with Gasteiger partial charge in [0.25, 0.3) is 0 Å². The summed E-state index contributed by atoms with van der Waals surface area (Å²) in [6, 6.07) is 7.24. The fourth-order valence-electron chi connectivity index (χ4n) is 2.98.